The molecule has 2 unspecified atom stereocenters. The molecule has 0 aromatic rings. The van der Waals surface area contributed by atoms with E-state index in [0.717, 1.165) is 5.57 Å². The minimum absolute atomic E-state index is 0.307. The van der Waals surface area contributed by atoms with E-state index in [9.17, 15) is 5.11 Å². The van der Waals surface area contributed by atoms with Gasteiger partial charge in [0, 0.05) is 0 Å². The summed E-state index contributed by atoms with van der Waals surface area (Å²) in [7, 11) is 0. The zero-order valence-corrected chi connectivity index (χ0v) is 10.2. The van der Waals surface area contributed by atoms with E-state index in [1.165, 1.54) is 0 Å². The van der Waals surface area contributed by atoms with Crippen LogP contribution < -0.4 is 0 Å². The molecule has 1 saturated heterocycles. The highest BCUT2D eigenvalue weighted by Crippen LogP contribution is 2.25. The summed E-state index contributed by atoms with van der Waals surface area (Å²) in [5.74, 6) is -0.324. The molecule has 2 atom stereocenters. The van der Waals surface area contributed by atoms with Crippen molar-refractivity contribution in [3.8, 4) is 0 Å². The Morgan fingerprint density at radius 2 is 2.12 bits per heavy atom. The predicted molar refractivity (Wildman–Crippen MR) is 57.5 cm³/mol. The van der Waals surface area contributed by atoms with E-state index in [1.54, 1.807) is 27.7 Å². The fourth-order valence-corrected chi connectivity index (χ4v) is 1.47. The Bertz CT molecular complexity index is 268. The second-order valence-corrected chi connectivity index (χ2v) is 4.44. The van der Waals surface area contributed by atoms with Crippen molar-refractivity contribution in [1.82, 2.24) is 0 Å². The van der Waals surface area contributed by atoms with Crippen molar-refractivity contribution in [3.63, 3.8) is 0 Å². The van der Waals surface area contributed by atoms with Crippen LogP contribution in [0.2, 0.25) is 0 Å². The maximum atomic E-state index is 9.55. The molecule has 0 bridgehead atoms. The first kappa shape index (κ1) is 13.4. The molecule has 5 heteroatoms. The van der Waals surface area contributed by atoms with Crippen LogP contribution in [-0.4, -0.2) is 41.6 Å². The Morgan fingerprint density at radius 3 is 2.50 bits per heavy atom. The van der Waals surface area contributed by atoms with Gasteiger partial charge in [-0.1, -0.05) is 0 Å². The van der Waals surface area contributed by atoms with Crippen LogP contribution in [0.15, 0.2) is 11.3 Å². The topological polar surface area (TPSA) is 68.2 Å². The molecule has 0 aromatic carbocycles. The van der Waals surface area contributed by atoms with E-state index >= 15 is 0 Å². The van der Waals surface area contributed by atoms with Gasteiger partial charge in [-0.3, -0.25) is 0 Å². The first-order valence-corrected chi connectivity index (χ1v) is 5.30. The summed E-state index contributed by atoms with van der Waals surface area (Å²) >= 11 is 0. The minimum atomic E-state index is -1.02. The highest BCUT2D eigenvalue weighted by Gasteiger charge is 2.35. The van der Waals surface area contributed by atoms with Crippen molar-refractivity contribution in [2.24, 2.45) is 0 Å². The molecule has 1 aliphatic rings. The molecule has 1 aliphatic heterocycles. The van der Waals surface area contributed by atoms with Gasteiger partial charge in [0.05, 0.1) is 6.61 Å². The molecule has 1 rings (SSSR count). The molecule has 0 radical (unpaired) electrons. The molecule has 1 fully saturated rings. The molecular weight excluding hydrogens is 212 g/mol. The van der Waals surface area contributed by atoms with Crippen LogP contribution in [0.5, 0.6) is 0 Å². The first-order chi connectivity index (χ1) is 7.35. The van der Waals surface area contributed by atoms with E-state index in [-0.39, 0.29) is 6.61 Å². The maximum Gasteiger partial charge on any atom is 0.225 e. The van der Waals surface area contributed by atoms with E-state index in [4.69, 9.17) is 19.3 Å². The molecular formula is C11H20O5. The zero-order valence-electron chi connectivity index (χ0n) is 10.2. The lowest BCUT2D eigenvalue weighted by molar-refractivity contribution is -0.184. The van der Waals surface area contributed by atoms with Crippen molar-refractivity contribution < 1.29 is 24.4 Å². The average molecular weight is 232 g/mol. The summed E-state index contributed by atoms with van der Waals surface area (Å²) in [6.45, 7) is 7.12. The monoisotopic (exact) mass is 232 g/mol. The van der Waals surface area contributed by atoms with Gasteiger partial charge in [0.15, 0.2) is 5.79 Å². The number of ether oxygens (including phenoxy) is 3. The second-order valence-electron chi connectivity index (χ2n) is 4.44. The normalized spacial score (nSPS) is 25.2. The molecule has 0 aromatic heterocycles. The fraction of sp³-hybridized carbons (Fsp3) is 0.818. The van der Waals surface area contributed by atoms with Crippen molar-refractivity contribution >= 4 is 0 Å². The Kier molecular flexibility index (Phi) is 4.32. The van der Waals surface area contributed by atoms with Crippen LogP contribution in [0, 0.1) is 0 Å². The fourth-order valence-electron chi connectivity index (χ4n) is 1.47. The summed E-state index contributed by atoms with van der Waals surface area (Å²) in [6, 6.07) is 0. The molecule has 1 heterocycles. The highest BCUT2D eigenvalue weighted by molar-refractivity contribution is 5.08. The Hall–Kier alpha value is -0.620. The van der Waals surface area contributed by atoms with Crippen LogP contribution in [0.3, 0.4) is 0 Å². The van der Waals surface area contributed by atoms with Gasteiger partial charge >= 0.3 is 0 Å². The highest BCUT2D eigenvalue weighted by atomic mass is 16.8. The summed E-state index contributed by atoms with van der Waals surface area (Å²) in [5.41, 5.74) is 0.801. The van der Waals surface area contributed by atoms with Gasteiger partial charge in [0.2, 0.25) is 6.29 Å². The van der Waals surface area contributed by atoms with E-state index in [1.807, 2.05) is 0 Å². The Morgan fingerprint density at radius 1 is 1.50 bits per heavy atom. The zero-order chi connectivity index (χ0) is 12.3. The summed E-state index contributed by atoms with van der Waals surface area (Å²) in [5, 5.41) is 18.4. The van der Waals surface area contributed by atoms with Crippen LogP contribution in [-0.2, 0) is 14.2 Å². The smallest absolute Gasteiger partial charge is 0.225 e. The largest absolute Gasteiger partial charge is 0.464 e. The number of hydrogen-bond acceptors (Lipinski definition) is 5. The molecule has 5 nitrogen and oxygen atoms in total. The van der Waals surface area contributed by atoms with Crippen LogP contribution in [0.25, 0.3) is 0 Å². The van der Waals surface area contributed by atoms with Crippen molar-refractivity contribution in [2.45, 2.75) is 45.9 Å². The molecule has 0 spiro atoms. The lowest BCUT2D eigenvalue weighted by atomic mass is 10.2. The lowest BCUT2D eigenvalue weighted by Gasteiger charge is -2.21. The van der Waals surface area contributed by atoms with Crippen LogP contribution >= 0.6 is 0 Å². The van der Waals surface area contributed by atoms with Gasteiger partial charge in [0.25, 0.3) is 0 Å². The van der Waals surface area contributed by atoms with E-state index in [0.29, 0.717) is 12.4 Å². The van der Waals surface area contributed by atoms with Gasteiger partial charge < -0.3 is 24.4 Å². The first-order valence-electron chi connectivity index (χ1n) is 5.30. The summed E-state index contributed by atoms with van der Waals surface area (Å²) < 4.78 is 16.3. The molecule has 94 valence electrons. The number of aliphatic hydroxyl groups excluding tert-OH is 2. The molecule has 0 amide bonds. The van der Waals surface area contributed by atoms with Gasteiger partial charge in [-0.2, -0.15) is 0 Å². The summed E-state index contributed by atoms with van der Waals surface area (Å²) in [6.07, 6.45) is -1.56. The number of hydrogen-bond donors (Lipinski definition) is 2. The third-order valence-corrected chi connectivity index (χ3v) is 2.21. The minimum Gasteiger partial charge on any atom is -0.464 e. The predicted octanol–water partition coefficient (Wildman–Crippen LogP) is 0.759. The van der Waals surface area contributed by atoms with Gasteiger partial charge in [-0.25, -0.2) is 0 Å². The Balaban J connectivity index is 2.62. The maximum absolute atomic E-state index is 9.55. The molecule has 2 N–H and O–H groups in total. The van der Waals surface area contributed by atoms with Gasteiger partial charge in [-0.05, 0) is 33.3 Å². The number of rotatable bonds is 4. The van der Waals surface area contributed by atoms with Gasteiger partial charge in [0.1, 0.15) is 18.5 Å². The average Bonchev–Trinajstić information content (AvgIpc) is 2.53. The summed E-state index contributed by atoms with van der Waals surface area (Å²) in [4.78, 5) is 0. The molecule has 16 heavy (non-hydrogen) atoms. The second kappa shape index (κ2) is 5.14. The van der Waals surface area contributed by atoms with E-state index < -0.39 is 18.2 Å². The van der Waals surface area contributed by atoms with Gasteiger partial charge in [-0.15, -0.1) is 0 Å². The van der Waals surface area contributed by atoms with Crippen LogP contribution in [0.4, 0.5) is 0 Å². The van der Waals surface area contributed by atoms with Crippen LogP contribution in [0.1, 0.15) is 27.7 Å². The third-order valence-electron chi connectivity index (χ3n) is 2.21. The molecule has 0 aliphatic carbocycles. The SMILES string of the molecule is CC(C)=C(OC1COC(C)(C)O1)C(O)CO. The standard InChI is InChI=1S/C11H20O5/c1-7(2)10(8(13)5-12)15-9-6-14-11(3,4)16-9/h8-9,12-13H,5-6H2,1-4H3. The van der Waals surface area contributed by atoms with Crippen molar-refractivity contribution in [3.05, 3.63) is 11.3 Å². The van der Waals surface area contributed by atoms with E-state index in [2.05, 4.69) is 0 Å². The number of allylic oxidation sites excluding steroid dienone is 1. The van der Waals surface area contributed by atoms with Crippen molar-refractivity contribution in [2.75, 3.05) is 13.2 Å². The molecule has 0 saturated carbocycles. The lowest BCUT2D eigenvalue weighted by Crippen LogP contribution is -2.26. The Labute approximate surface area is 95.6 Å². The third kappa shape index (κ3) is 3.45. The quantitative estimate of drug-likeness (QED) is 0.700. The number of aliphatic hydroxyl groups is 2. The van der Waals surface area contributed by atoms with Crippen molar-refractivity contribution in [1.29, 1.82) is 0 Å².